The molecule has 112 valence electrons. The summed E-state index contributed by atoms with van der Waals surface area (Å²) in [6.07, 6.45) is -0.524. The van der Waals surface area contributed by atoms with Crippen molar-refractivity contribution in [2.75, 3.05) is 19.5 Å². The summed E-state index contributed by atoms with van der Waals surface area (Å²) < 4.78 is 14.2. The summed E-state index contributed by atoms with van der Waals surface area (Å²) in [5.41, 5.74) is -1.49. The lowest BCUT2D eigenvalue weighted by Gasteiger charge is -2.35. The van der Waals surface area contributed by atoms with Crippen molar-refractivity contribution in [1.82, 2.24) is 0 Å². The Labute approximate surface area is 125 Å². The topological polar surface area (TPSA) is 90.9 Å². The van der Waals surface area contributed by atoms with Gasteiger partial charge in [-0.3, -0.25) is 4.79 Å². The van der Waals surface area contributed by atoms with Gasteiger partial charge in [-0.15, -0.1) is 0 Å². The van der Waals surface area contributed by atoms with Gasteiger partial charge in [0.25, 0.3) is 5.72 Å². The van der Waals surface area contributed by atoms with E-state index in [2.05, 4.69) is 14.8 Å². The first kappa shape index (κ1) is 15.1. The van der Waals surface area contributed by atoms with E-state index in [1.54, 1.807) is 0 Å². The average molecular weight is 314 g/mol. The van der Waals surface area contributed by atoms with Crippen molar-refractivity contribution in [3.63, 3.8) is 0 Å². The largest absolute Gasteiger partial charge is 0.469 e. The molecule has 1 heterocycles. The maximum absolute atomic E-state index is 12.1. The van der Waals surface area contributed by atoms with Crippen LogP contribution in [0.5, 0.6) is 0 Å². The Balaban J connectivity index is 2.45. The maximum atomic E-state index is 12.1. The van der Waals surface area contributed by atoms with Crippen molar-refractivity contribution in [3.8, 4) is 0 Å². The molecule has 1 aliphatic heterocycles. The van der Waals surface area contributed by atoms with Crippen LogP contribution in [0.25, 0.3) is 0 Å². The highest BCUT2D eigenvalue weighted by Gasteiger charge is 2.50. The number of hydrogen-bond donors (Lipinski definition) is 1. The molecule has 0 amide bonds. The highest BCUT2D eigenvalue weighted by atomic mass is 35.5. The third-order valence-corrected chi connectivity index (χ3v) is 3.18. The van der Waals surface area contributed by atoms with Gasteiger partial charge in [0.2, 0.25) is 0 Å². The second-order valence-corrected chi connectivity index (χ2v) is 4.71. The minimum Gasteiger partial charge on any atom is -0.469 e. The molecule has 2 rings (SSSR count). The molecule has 0 aromatic heterocycles. The summed E-state index contributed by atoms with van der Waals surface area (Å²) in [5.74, 6) is -2.44. The Morgan fingerprint density at radius 3 is 2.67 bits per heavy atom. The van der Waals surface area contributed by atoms with Gasteiger partial charge in [0.1, 0.15) is 6.42 Å². The van der Waals surface area contributed by atoms with E-state index in [-0.39, 0.29) is 5.56 Å². The van der Waals surface area contributed by atoms with Gasteiger partial charge < -0.3 is 19.5 Å². The fourth-order valence-electron chi connectivity index (χ4n) is 1.94. The van der Waals surface area contributed by atoms with Crippen LogP contribution >= 0.6 is 11.6 Å². The molecule has 8 heteroatoms. The van der Waals surface area contributed by atoms with Crippen LogP contribution in [0.2, 0.25) is 5.02 Å². The van der Waals surface area contributed by atoms with Gasteiger partial charge in [0, 0.05) is 5.02 Å². The number of carbonyl (C=O) groups excluding carboxylic acids is 3. The summed E-state index contributed by atoms with van der Waals surface area (Å²) in [5, 5.41) is 3.05. The molecule has 0 bridgehead atoms. The number of hydrogen-bond acceptors (Lipinski definition) is 7. The van der Waals surface area contributed by atoms with E-state index in [1.165, 1.54) is 18.2 Å². The van der Waals surface area contributed by atoms with E-state index < -0.39 is 30.1 Å². The highest BCUT2D eigenvalue weighted by Crippen LogP contribution is 2.33. The molecule has 0 fully saturated rings. The normalized spacial score (nSPS) is 19.9. The van der Waals surface area contributed by atoms with E-state index in [0.717, 1.165) is 14.2 Å². The quantitative estimate of drug-likeness (QED) is 0.665. The van der Waals surface area contributed by atoms with Crippen LogP contribution in [0, 0.1) is 0 Å². The lowest BCUT2D eigenvalue weighted by atomic mass is 10.0. The molecular weight excluding hydrogens is 302 g/mol. The summed E-state index contributed by atoms with van der Waals surface area (Å²) >= 11 is 5.81. The van der Waals surface area contributed by atoms with Crippen molar-refractivity contribution in [2.45, 2.75) is 12.1 Å². The molecule has 0 unspecified atom stereocenters. The standard InChI is InChI=1S/C13H12ClNO6/c1-19-10(16)6-13(12(18)20-2)15-9-4-3-7(14)5-8(9)11(17)21-13/h3-5,15H,6H2,1-2H3/t13-/m1/s1. The zero-order valence-corrected chi connectivity index (χ0v) is 12.0. The molecule has 1 atom stereocenters. The van der Waals surface area contributed by atoms with Gasteiger partial charge in [-0.2, -0.15) is 0 Å². The van der Waals surface area contributed by atoms with Crippen LogP contribution < -0.4 is 5.32 Å². The van der Waals surface area contributed by atoms with Gasteiger partial charge in [-0.1, -0.05) is 11.6 Å². The SMILES string of the molecule is COC(=O)C[C@@]1(C(=O)OC)Nc2ccc(Cl)cc2C(=O)O1. The van der Waals surface area contributed by atoms with Crippen molar-refractivity contribution in [2.24, 2.45) is 0 Å². The third-order valence-electron chi connectivity index (χ3n) is 2.94. The molecule has 21 heavy (non-hydrogen) atoms. The minimum absolute atomic E-state index is 0.159. The zero-order chi connectivity index (χ0) is 15.6. The molecule has 1 aliphatic rings. The van der Waals surface area contributed by atoms with E-state index in [1.807, 2.05) is 0 Å². The monoisotopic (exact) mass is 313 g/mol. The number of cyclic esters (lactones) is 1. The van der Waals surface area contributed by atoms with E-state index >= 15 is 0 Å². The Bertz CT molecular complexity index is 617. The van der Waals surface area contributed by atoms with Crippen LogP contribution in [0.15, 0.2) is 18.2 Å². The van der Waals surface area contributed by atoms with E-state index in [4.69, 9.17) is 16.3 Å². The highest BCUT2D eigenvalue weighted by molar-refractivity contribution is 6.31. The average Bonchev–Trinajstić information content (AvgIpc) is 2.47. The number of rotatable bonds is 3. The molecular formula is C13H12ClNO6. The first-order valence-electron chi connectivity index (χ1n) is 5.88. The molecule has 1 N–H and O–H groups in total. The molecule has 0 aliphatic carbocycles. The van der Waals surface area contributed by atoms with Crippen molar-refractivity contribution >= 4 is 35.2 Å². The Morgan fingerprint density at radius 1 is 1.33 bits per heavy atom. The molecule has 1 aromatic carbocycles. The van der Waals surface area contributed by atoms with Crippen molar-refractivity contribution in [1.29, 1.82) is 0 Å². The first-order valence-corrected chi connectivity index (χ1v) is 6.26. The van der Waals surface area contributed by atoms with Crippen molar-refractivity contribution in [3.05, 3.63) is 28.8 Å². The third kappa shape index (κ3) is 2.78. The number of methoxy groups -OCH3 is 2. The maximum Gasteiger partial charge on any atom is 0.372 e. The van der Waals surface area contributed by atoms with Gasteiger partial charge in [0.05, 0.1) is 25.5 Å². The lowest BCUT2D eigenvalue weighted by Crippen LogP contribution is -2.55. The summed E-state index contributed by atoms with van der Waals surface area (Å²) in [6.45, 7) is 0. The molecule has 0 saturated carbocycles. The predicted molar refractivity (Wildman–Crippen MR) is 71.9 cm³/mol. The fourth-order valence-corrected chi connectivity index (χ4v) is 2.11. The summed E-state index contributed by atoms with van der Waals surface area (Å²) in [4.78, 5) is 35.5. The molecule has 7 nitrogen and oxygen atoms in total. The smallest absolute Gasteiger partial charge is 0.372 e. The molecule has 1 aromatic rings. The van der Waals surface area contributed by atoms with Gasteiger partial charge in [0.15, 0.2) is 0 Å². The lowest BCUT2D eigenvalue weighted by molar-refractivity contribution is -0.167. The minimum atomic E-state index is -1.96. The van der Waals surface area contributed by atoms with E-state index in [0.29, 0.717) is 10.7 Å². The van der Waals surface area contributed by atoms with Gasteiger partial charge >= 0.3 is 17.9 Å². The number of fused-ring (bicyclic) bond motifs is 1. The second-order valence-electron chi connectivity index (χ2n) is 4.28. The summed E-state index contributed by atoms with van der Waals surface area (Å²) in [7, 11) is 2.28. The Hall–Kier alpha value is -2.28. The van der Waals surface area contributed by atoms with Crippen LogP contribution in [0.3, 0.4) is 0 Å². The van der Waals surface area contributed by atoms with Gasteiger partial charge in [-0.25, -0.2) is 9.59 Å². The zero-order valence-electron chi connectivity index (χ0n) is 11.3. The fraction of sp³-hybridized carbons (Fsp3) is 0.308. The van der Waals surface area contributed by atoms with Crippen LogP contribution in [-0.4, -0.2) is 37.9 Å². The molecule has 0 spiro atoms. The van der Waals surface area contributed by atoms with Crippen LogP contribution in [-0.2, 0) is 23.8 Å². The number of ether oxygens (including phenoxy) is 3. The number of esters is 3. The Morgan fingerprint density at radius 2 is 2.05 bits per heavy atom. The number of anilines is 1. The van der Waals surface area contributed by atoms with E-state index in [9.17, 15) is 14.4 Å². The van der Waals surface area contributed by atoms with Crippen molar-refractivity contribution < 1.29 is 28.6 Å². The number of benzene rings is 1. The first-order chi connectivity index (χ1) is 9.91. The second kappa shape index (κ2) is 5.61. The van der Waals surface area contributed by atoms with Gasteiger partial charge in [-0.05, 0) is 18.2 Å². The number of carbonyl (C=O) groups is 3. The molecule has 0 saturated heterocycles. The van der Waals surface area contributed by atoms with Crippen LogP contribution in [0.1, 0.15) is 16.8 Å². The Kier molecular flexibility index (Phi) is 4.04. The number of halogens is 1. The molecule has 0 radical (unpaired) electrons. The summed E-state index contributed by atoms with van der Waals surface area (Å²) in [6, 6.07) is 4.44. The van der Waals surface area contributed by atoms with Crippen LogP contribution in [0.4, 0.5) is 5.69 Å². The number of nitrogens with one attached hydrogen (secondary N) is 1. The predicted octanol–water partition coefficient (Wildman–Crippen LogP) is 1.35.